The topological polar surface area (TPSA) is 102 Å². The van der Waals surface area contributed by atoms with E-state index in [1.807, 2.05) is 16.1 Å². The first-order valence-corrected chi connectivity index (χ1v) is 14.2. The van der Waals surface area contributed by atoms with Crippen molar-refractivity contribution in [3.63, 3.8) is 0 Å². The Bertz CT molecular complexity index is 947. The molecule has 5 atom stereocenters. The monoisotopic (exact) mass is 528 g/mol. The van der Waals surface area contributed by atoms with Crippen molar-refractivity contribution in [2.24, 2.45) is 5.92 Å². The quantitative estimate of drug-likeness (QED) is 0.526. The van der Waals surface area contributed by atoms with Crippen LogP contribution in [0.1, 0.15) is 51.9 Å². The van der Waals surface area contributed by atoms with E-state index < -0.39 is 28.7 Å². The highest BCUT2D eigenvalue weighted by atomic mass is 32.2. The molecule has 4 unspecified atom stereocenters. The summed E-state index contributed by atoms with van der Waals surface area (Å²) in [5, 5.41) is 14.6. The first-order valence-electron chi connectivity index (χ1n) is 12.7. The smallest absolute Gasteiger partial charge is 0.245 e. The van der Waals surface area contributed by atoms with Crippen molar-refractivity contribution in [1.29, 1.82) is 0 Å². The molecule has 3 N–H and O–H groups in total. The number of likely N-dealkylation sites (tertiary alicyclic amines) is 1. The van der Waals surface area contributed by atoms with Gasteiger partial charge in [0.05, 0.1) is 17.0 Å². The minimum atomic E-state index is -1.03. The van der Waals surface area contributed by atoms with Gasteiger partial charge in [0.15, 0.2) is 11.6 Å². The van der Waals surface area contributed by atoms with E-state index in [0.29, 0.717) is 6.54 Å². The highest BCUT2D eigenvalue weighted by molar-refractivity contribution is 7.81. The van der Waals surface area contributed by atoms with E-state index >= 15 is 0 Å². The molecule has 11 heteroatoms. The molecule has 0 radical (unpaired) electrons. The molecule has 36 heavy (non-hydrogen) atoms. The Labute approximate surface area is 214 Å². The van der Waals surface area contributed by atoms with Crippen molar-refractivity contribution in [3.8, 4) is 5.75 Å². The number of hydrogen-bond donors (Lipinski definition) is 3. The molecule has 1 aliphatic carbocycles. The SMILES string of the molecule is CN[C@@H](C)C(=O)NC(C(=O)N1CCC2C1CCN2S(C)=O)C1CCCCC1.Oc1ccc(F)c(F)c1. The van der Waals surface area contributed by atoms with E-state index in [2.05, 4.69) is 10.6 Å². The van der Waals surface area contributed by atoms with Gasteiger partial charge in [0.1, 0.15) is 11.8 Å². The lowest BCUT2D eigenvalue weighted by molar-refractivity contribution is -0.139. The molecular formula is C25H38F2N4O4S. The molecule has 202 valence electrons. The lowest BCUT2D eigenvalue weighted by atomic mass is 9.83. The fourth-order valence-electron chi connectivity index (χ4n) is 5.46. The zero-order valence-electron chi connectivity index (χ0n) is 21.2. The van der Waals surface area contributed by atoms with Gasteiger partial charge in [-0.3, -0.25) is 9.59 Å². The molecule has 2 amide bonds. The van der Waals surface area contributed by atoms with E-state index in [9.17, 15) is 22.6 Å². The Morgan fingerprint density at radius 2 is 1.72 bits per heavy atom. The van der Waals surface area contributed by atoms with Gasteiger partial charge in [0.2, 0.25) is 11.8 Å². The summed E-state index contributed by atoms with van der Waals surface area (Å²) in [4.78, 5) is 28.0. The summed E-state index contributed by atoms with van der Waals surface area (Å²) in [5.74, 6) is -2.08. The van der Waals surface area contributed by atoms with E-state index in [-0.39, 0.29) is 41.6 Å². The van der Waals surface area contributed by atoms with Crippen LogP contribution >= 0.6 is 0 Å². The molecule has 8 nitrogen and oxygen atoms in total. The maximum Gasteiger partial charge on any atom is 0.245 e. The van der Waals surface area contributed by atoms with E-state index in [4.69, 9.17) is 5.11 Å². The van der Waals surface area contributed by atoms with Crippen LogP contribution in [0.3, 0.4) is 0 Å². The molecule has 3 aliphatic rings. The van der Waals surface area contributed by atoms with Crippen molar-refractivity contribution in [2.45, 2.75) is 76.0 Å². The second-order valence-electron chi connectivity index (χ2n) is 9.80. The van der Waals surface area contributed by atoms with E-state index in [1.54, 1.807) is 13.3 Å². The Morgan fingerprint density at radius 3 is 2.31 bits per heavy atom. The third-order valence-corrected chi connectivity index (χ3v) is 8.67. The second-order valence-corrected chi connectivity index (χ2v) is 11.1. The van der Waals surface area contributed by atoms with Gasteiger partial charge in [-0.25, -0.2) is 17.3 Å². The van der Waals surface area contributed by atoms with Crippen LogP contribution < -0.4 is 10.6 Å². The van der Waals surface area contributed by atoms with Crippen molar-refractivity contribution in [3.05, 3.63) is 29.8 Å². The number of carbonyl (C=O) groups excluding carboxylic acids is 2. The lowest BCUT2D eigenvalue weighted by Crippen LogP contribution is -2.56. The summed E-state index contributed by atoms with van der Waals surface area (Å²) in [6.07, 6.45) is 8.92. The number of aromatic hydroxyl groups is 1. The molecule has 4 rings (SSSR count). The van der Waals surface area contributed by atoms with Gasteiger partial charge in [0.25, 0.3) is 0 Å². The number of hydrogen-bond acceptors (Lipinski definition) is 5. The predicted molar refractivity (Wildman–Crippen MR) is 134 cm³/mol. The molecule has 2 saturated heterocycles. The van der Waals surface area contributed by atoms with Crippen LogP contribution in [0.5, 0.6) is 5.75 Å². The number of nitrogens with zero attached hydrogens (tertiary/aromatic N) is 2. The number of amides is 2. The number of likely N-dealkylation sites (N-methyl/N-ethyl adjacent to an activating group) is 1. The maximum absolute atomic E-state index is 13.5. The normalized spacial score (nSPS) is 24.9. The van der Waals surface area contributed by atoms with Gasteiger partial charge in [-0.15, -0.1) is 0 Å². The van der Waals surface area contributed by atoms with Crippen LogP contribution in [-0.2, 0) is 20.6 Å². The van der Waals surface area contributed by atoms with Crippen LogP contribution in [0, 0.1) is 17.6 Å². The van der Waals surface area contributed by atoms with Crippen LogP contribution in [-0.4, -0.2) is 80.9 Å². The molecule has 3 fully saturated rings. The molecule has 0 bridgehead atoms. The summed E-state index contributed by atoms with van der Waals surface area (Å²) in [6.45, 7) is 3.29. The zero-order valence-corrected chi connectivity index (χ0v) is 22.0. The number of nitrogens with one attached hydrogen (secondary N) is 2. The average Bonchev–Trinajstić information content (AvgIpc) is 3.47. The standard InChI is InChI=1S/C19H34N4O3S.C6H4F2O/c1-13(20-2)18(24)21-17(14-7-5-4-6-8-14)19(25)22-11-9-16-15(22)10-12-23(16)27(3)26;7-5-2-1-4(9)3-6(5)8/h13-17,20H,4-12H2,1-3H3,(H,21,24);1-3,9H/t13-,15?,16?,17?,27?;/m0./s1. The second kappa shape index (κ2) is 12.9. The molecule has 1 aromatic rings. The van der Waals surface area contributed by atoms with E-state index in [0.717, 1.165) is 63.3 Å². The first-order chi connectivity index (χ1) is 17.1. The van der Waals surface area contributed by atoms with Gasteiger partial charge in [-0.1, -0.05) is 19.3 Å². The van der Waals surface area contributed by atoms with Gasteiger partial charge in [0, 0.05) is 37.5 Å². The molecular weight excluding hydrogens is 490 g/mol. The fraction of sp³-hybridized carbons (Fsp3) is 0.680. The molecule has 1 saturated carbocycles. The molecule has 2 heterocycles. The lowest BCUT2D eigenvalue weighted by Gasteiger charge is -2.35. The largest absolute Gasteiger partial charge is 0.508 e. The maximum atomic E-state index is 13.5. The highest BCUT2D eigenvalue weighted by Gasteiger charge is 2.48. The number of carbonyl (C=O) groups is 2. The van der Waals surface area contributed by atoms with Crippen molar-refractivity contribution in [2.75, 3.05) is 26.4 Å². The number of fused-ring (bicyclic) bond motifs is 1. The van der Waals surface area contributed by atoms with E-state index in [1.165, 1.54) is 6.42 Å². The number of phenolic OH excluding ortho intramolecular Hbond substituents is 1. The Kier molecular flexibility index (Phi) is 10.2. The highest BCUT2D eigenvalue weighted by Crippen LogP contribution is 2.34. The Hall–Kier alpha value is -2.11. The minimum absolute atomic E-state index is 0.0646. The summed E-state index contributed by atoms with van der Waals surface area (Å²) >= 11 is 0. The van der Waals surface area contributed by atoms with Crippen molar-refractivity contribution < 1.29 is 27.7 Å². The van der Waals surface area contributed by atoms with Gasteiger partial charge >= 0.3 is 0 Å². The van der Waals surface area contributed by atoms with Crippen LogP contribution in [0.2, 0.25) is 0 Å². The fourth-order valence-corrected chi connectivity index (χ4v) is 6.45. The molecule has 1 aromatic carbocycles. The number of benzene rings is 1. The minimum Gasteiger partial charge on any atom is -0.508 e. The van der Waals surface area contributed by atoms with Crippen LogP contribution in [0.25, 0.3) is 0 Å². The van der Waals surface area contributed by atoms with Crippen molar-refractivity contribution in [1.82, 2.24) is 19.8 Å². The van der Waals surface area contributed by atoms with Gasteiger partial charge < -0.3 is 20.6 Å². The summed E-state index contributed by atoms with van der Waals surface area (Å²) in [5.41, 5.74) is 0. The summed E-state index contributed by atoms with van der Waals surface area (Å²) < 4.78 is 38.0. The average molecular weight is 529 g/mol. The summed E-state index contributed by atoms with van der Waals surface area (Å²) in [6, 6.07) is 2.23. The van der Waals surface area contributed by atoms with Crippen LogP contribution in [0.15, 0.2) is 18.2 Å². The van der Waals surface area contributed by atoms with Gasteiger partial charge in [-0.2, -0.15) is 0 Å². The molecule has 0 aromatic heterocycles. The number of phenols is 1. The third kappa shape index (κ3) is 6.80. The van der Waals surface area contributed by atoms with Crippen LogP contribution in [0.4, 0.5) is 8.78 Å². The Morgan fingerprint density at radius 1 is 1.06 bits per heavy atom. The number of halogens is 2. The zero-order chi connectivity index (χ0) is 26.4. The molecule has 0 spiro atoms. The van der Waals surface area contributed by atoms with Crippen molar-refractivity contribution >= 4 is 22.8 Å². The third-order valence-electron chi connectivity index (χ3n) is 7.55. The van der Waals surface area contributed by atoms with Gasteiger partial charge in [-0.05, 0) is 57.7 Å². The first kappa shape index (κ1) is 28.5. The molecule has 2 aliphatic heterocycles. The summed E-state index contributed by atoms with van der Waals surface area (Å²) in [7, 11) is 0.761. The predicted octanol–water partition coefficient (Wildman–Crippen LogP) is 2.30. The Balaban J connectivity index is 0.000000338. The number of rotatable bonds is 6.